The molecule has 0 aromatic heterocycles. The van der Waals surface area contributed by atoms with Crippen LogP contribution in [-0.2, 0) is 11.2 Å². The van der Waals surface area contributed by atoms with Crippen LogP contribution in [0.5, 0.6) is 0 Å². The van der Waals surface area contributed by atoms with Crippen LogP contribution in [0, 0.1) is 0 Å². The molecule has 2 rings (SSSR count). The summed E-state index contributed by atoms with van der Waals surface area (Å²) in [5.41, 5.74) is 3.30. The fourth-order valence-corrected chi connectivity index (χ4v) is 2.41. The van der Waals surface area contributed by atoms with Gasteiger partial charge < -0.3 is 15.5 Å². The standard InChI is InChI=1S/C16H21N3O2/c1-5-11-6-8-12(9-7-11)14-13(15(20)19(3)4)10(2)17-16(21)18-14/h6-9,14H,5H2,1-4H3,(H2,17,18,21). The zero-order valence-electron chi connectivity index (χ0n) is 12.9. The van der Waals surface area contributed by atoms with E-state index in [-0.39, 0.29) is 11.9 Å². The van der Waals surface area contributed by atoms with Crippen molar-refractivity contribution in [1.29, 1.82) is 0 Å². The average Bonchev–Trinajstić information content (AvgIpc) is 2.46. The van der Waals surface area contributed by atoms with E-state index in [1.54, 1.807) is 21.0 Å². The molecule has 1 aromatic rings. The number of hydrogen-bond acceptors (Lipinski definition) is 2. The molecule has 21 heavy (non-hydrogen) atoms. The maximum absolute atomic E-state index is 12.4. The molecule has 2 N–H and O–H groups in total. The first kappa shape index (κ1) is 15.1. The fraction of sp³-hybridized carbons (Fsp3) is 0.375. The predicted octanol–water partition coefficient (Wildman–Crippen LogP) is 1.97. The molecule has 5 nitrogen and oxygen atoms in total. The summed E-state index contributed by atoms with van der Waals surface area (Å²) in [6.45, 7) is 3.84. The van der Waals surface area contributed by atoms with Crippen molar-refractivity contribution in [2.75, 3.05) is 14.1 Å². The number of allylic oxidation sites excluding steroid dienone is 1. The lowest BCUT2D eigenvalue weighted by molar-refractivity contribution is -0.125. The molecule has 1 atom stereocenters. The highest BCUT2D eigenvalue weighted by Crippen LogP contribution is 2.27. The zero-order valence-corrected chi connectivity index (χ0v) is 12.9. The highest BCUT2D eigenvalue weighted by Gasteiger charge is 2.31. The molecule has 0 bridgehead atoms. The van der Waals surface area contributed by atoms with Gasteiger partial charge in [0.25, 0.3) is 5.91 Å². The Balaban J connectivity index is 2.44. The molecule has 1 heterocycles. The van der Waals surface area contributed by atoms with Gasteiger partial charge in [-0.15, -0.1) is 0 Å². The van der Waals surface area contributed by atoms with Crippen molar-refractivity contribution in [3.63, 3.8) is 0 Å². The van der Waals surface area contributed by atoms with E-state index < -0.39 is 6.04 Å². The molecule has 0 saturated heterocycles. The summed E-state index contributed by atoms with van der Waals surface area (Å²) < 4.78 is 0. The van der Waals surface area contributed by atoms with E-state index in [1.165, 1.54) is 10.5 Å². The number of benzene rings is 1. The molecule has 0 radical (unpaired) electrons. The molecule has 1 aliphatic rings. The number of aryl methyl sites for hydroxylation is 1. The highest BCUT2D eigenvalue weighted by atomic mass is 16.2. The number of carbonyl (C=O) groups is 2. The SMILES string of the molecule is CCc1ccc(C2NC(=O)NC(C)=C2C(=O)N(C)C)cc1. The normalized spacial score (nSPS) is 18.1. The van der Waals surface area contributed by atoms with Crippen LogP contribution < -0.4 is 10.6 Å². The highest BCUT2D eigenvalue weighted by molar-refractivity contribution is 5.98. The lowest BCUT2D eigenvalue weighted by Crippen LogP contribution is -2.46. The van der Waals surface area contributed by atoms with Gasteiger partial charge in [-0.1, -0.05) is 31.2 Å². The predicted molar refractivity (Wildman–Crippen MR) is 81.6 cm³/mol. The van der Waals surface area contributed by atoms with Gasteiger partial charge in [0.2, 0.25) is 0 Å². The Kier molecular flexibility index (Phi) is 4.31. The minimum atomic E-state index is -0.417. The van der Waals surface area contributed by atoms with Crippen LogP contribution in [0.4, 0.5) is 4.79 Å². The first-order chi connectivity index (χ1) is 9.93. The van der Waals surface area contributed by atoms with Crippen LogP contribution in [0.15, 0.2) is 35.5 Å². The van der Waals surface area contributed by atoms with Crippen molar-refractivity contribution in [1.82, 2.24) is 15.5 Å². The number of nitrogens with one attached hydrogen (secondary N) is 2. The Labute approximate surface area is 125 Å². The van der Waals surface area contributed by atoms with Gasteiger partial charge in [-0.25, -0.2) is 4.79 Å². The maximum Gasteiger partial charge on any atom is 0.319 e. The Morgan fingerprint density at radius 3 is 2.38 bits per heavy atom. The largest absolute Gasteiger partial charge is 0.345 e. The van der Waals surface area contributed by atoms with Gasteiger partial charge in [-0.2, -0.15) is 0 Å². The average molecular weight is 287 g/mol. The molecule has 3 amide bonds. The third-order valence-corrected chi connectivity index (χ3v) is 3.63. The molecule has 1 aliphatic heterocycles. The Morgan fingerprint density at radius 2 is 1.86 bits per heavy atom. The molecule has 0 saturated carbocycles. The van der Waals surface area contributed by atoms with Crippen molar-refractivity contribution in [2.45, 2.75) is 26.3 Å². The van der Waals surface area contributed by atoms with Gasteiger partial charge in [0.05, 0.1) is 11.6 Å². The van der Waals surface area contributed by atoms with E-state index >= 15 is 0 Å². The molecule has 0 fully saturated rings. The van der Waals surface area contributed by atoms with Crippen LogP contribution in [0.1, 0.15) is 31.0 Å². The summed E-state index contributed by atoms with van der Waals surface area (Å²) in [4.78, 5) is 25.7. The van der Waals surface area contributed by atoms with Gasteiger partial charge in [0.1, 0.15) is 0 Å². The number of urea groups is 1. The van der Waals surface area contributed by atoms with E-state index in [0.717, 1.165) is 12.0 Å². The number of hydrogen-bond donors (Lipinski definition) is 2. The molecule has 112 valence electrons. The number of carbonyl (C=O) groups excluding carboxylic acids is 2. The van der Waals surface area contributed by atoms with Gasteiger partial charge in [0, 0.05) is 19.8 Å². The van der Waals surface area contributed by atoms with Crippen molar-refractivity contribution in [3.8, 4) is 0 Å². The second-order valence-corrected chi connectivity index (χ2v) is 5.36. The number of likely N-dealkylation sites (N-methyl/N-ethyl adjacent to an activating group) is 1. The van der Waals surface area contributed by atoms with Gasteiger partial charge in [-0.3, -0.25) is 4.79 Å². The smallest absolute Gasteiger partial charge is 0.319 e. The molecule has 0 aliphatic carbocycles. The maximum atomic E-state index is 12.4. The first-order valence-corrected chi connectivity index (χ1v) is 7.02. The summed E-state index contributed by atoms with van der Waals surface area (Å²) >= 11 is 0. The summed E-state index contributed by atoms with van der Waals surface area (Å²) in [6.07, 6.45) is 0.956. The second-order valence-electron chi connectivity index (χ2n) is 5.36. The second kappa shape index (κ2) is 5.99. The summed E-state index contributed by atoms with van der Waals surface area (Å²) in [6, 6.07) is 7.27. The molecular weight excluding hydrogens is 266 g/mol. The van der Waals surface area contributed by atoms with E-state index in [4.69, 9.17) is 0 Å². The number of rotatable bonds is 3. The Bertz CT molecular complexity index is 588. The lowest BCUT2D eigenvalue weighted by Gasteiger charge is -2.30. The van der Waals surface area contributed by atoms with Crippen molar-refractivity contribution in [3.05, 3.63) is 46.7 Å². The van der Waals surface area contributed by atoms with E-state index in [0.29, 0.717) is 11.3 Å². The summed E-state index contributed by atoms with van der Waals surface area (Å²) in [5, 5.41) is 5.50. The minimum absolute atomic E-state index is 0.107. The van der Waals surface area contributed by atoms with Crippen molar-refractivity contribution in [2.24, 2.45) is 0 Å². The lowest BCUT2D eigenvalue weighted by atomic mass is 9.93. The monoisotopic (exact) mass is 287 g/mol. The van der Waals surface area contributed by atoms with Crippen LogP contribution >= 0.6 is 0 Å². The molecule has 0 spiro atoms. The van der Waals surface area contributed by atoms with E-state index in [9.17, 15) is 9.59 Å². The number of amides is 3. The van der Waals surface area contributed by atoms with Gasteiger partial charge in [-0.05, 0) is 24.5 Å². The molecule has 5 heteroatoms. The minimum Gasteiger partial charge on any atom is -0.345 e. The fourth-order valence-electron chi connectivity index (χ4n) is 2.41. The summed E-state index contributed by atoms with van der Waals surface area (Å²) in [7, 11) is 3.41. The van der Waals surface area contributed by atoms with Crippen molar-refractivity contribution < 1.29 is 9.59 Å². The van der Waals surface area contributed by atoms with E-state index in [2.05, 4.69) is 17.6 Å². The van der Waals surface area contributed by atoms with Gasteiger partial charge in [0.15, 0.2) is 0 Å². The molecule has 1 aromatic carbocycles. The number of nitrogens with zero attached hydrogens (tertiary/aromatic N) is 1. The van der Waals surface area contributed by atoms with Crippen molar-refractivity contribution >= 4 is 11.9 Å². The van der Waals surface area contributed by atoms with Crippen LogP contribution in [0.25, 0.3) is 0 Å². The third-order valence-electron chi connectivity index (χ3n) is 3.63. The van der Waals surface area contributed by atoms with Crippen LogP contribution in [-0.4, -0.2) is 30.9 Å². The topological polar surface area (TPSA) is 61.4 Å². The summed E-state index contributed by atoms with van der Waals surface area (Å²) in [5.74, 6) is -0.107. The van der Waals surface area contributed by atoms with Gasteiger partial charge >= 0.3 is 6.03 Å². The van der Waals surface area contributed by atoms with E-state index in [1.807, 2.05) is 24.3 Å². The zero-order chi connectivity index (χ0) is 15.6. The Hall–Kier alpha value is -2.30. The first-order valence-electron chi connectivity index (χ1n) is 7.02. The third kappa shape index (κ3) is 3.07. The quantitative estimate of drug-likeness (QED) is 0.893. The molecule has 1 unspecified atom stereocenters. The molecular formula is C16H21N3O2. The van der Waals surface area contributed by atoms with Crippen LogP contribution in [0.2, 0.25) is 0 Å². The van der Waals surface area contributed by atoms with Crippen LogP contribution in [0.3, 0.4) is 0 Å². The Morgan fingerprint density at radius 1 is 1.24 bits per heavy atom.